The minimum absolute atomic E-state index is 0.0204. The van der Waals surface area contributed by atoms with Crippen LogP contribution in [-0.2, 0) is 0 Å². The average molecular weight is 437 g/mol. The third kappa shape index (κ3) is 5.03. The molecule has 2 fully saturated rings. The van der Waals surface area contributed by atoms with Gasteiger partial charge in [0.25, 0.3) is 5.91 Å². The molecule has 0 unspecified atom stereocenters. The van der Waals surface area contributed by atoms with E-state index in [1.165, 1.54) is 0 Å². The van der Waals surface area contributed by atoms with Crippen molar-refractivity contribution >= 4 is 33.3 Å². The van der Waals surface area contributed by atoms with E-state index in [9.17, 15) is 4.79 Å². The number of aromatic nitrogens is 2. The molecular formula is C23H28N6OS. The van der Waals surface area contributed by atoms with Crippen LogP contribution in [0.3, 0.4) is 0 Å². The molecule has 0 radical (unpaired) electrons. The van der Waals surface area contributed by atoms with Gasteiger partial charge >= 0.3 is 0 Å². The second-order valence-electron chi connectivity index (χ2n) is 8.21. The standard InChI is InChI=1S/C23H28N6OS/c30-22(27-16-5-6-16)17-3-1-4-20-18(17)15-21(31-20)19-7-9-26-23(28-19)25-8-2-12-29-13-10-24-11-14-29/h1,3-4,7,9,15-16,24H,2,5-6,8,10-14H2,(H,27,30)(H,25,26,28). The zero-order valence-electron chi connectivity index (χ0n) is 17.6. The second-order valence-corrected chi connectivity index (χ2v) is 9.30. The first-order chi connectivity index (χ1) is 15.3. The largest absolute Gasteiger partial charge is 0.354 e. The number of thiophene rings is 1. The molecule has 2 aromatic heterocycles. The molecular weight excluding hydrogens is 408 g/mol. The zero-order valence-corrected chi connectivity index (χ0v) is 18.4. The summed E-state index contributed by atoms with van der Waals surface area (Å²) in [5.41, 5.74) is 1.63. The summed E-state index contributed by atoms with van der Waals surface area (Å²) in [7, 11) is 0. The summed E-state index contributed by atoms with van der Waals surface area (Å²) in [6.45, 7) is 6.36. The Balaban J connectivity index is 1.26. The highest BCUT2D eigenvalue weighted by atomic mass is 32.1. The lowest BCUT2D eigenvalue weighted by atomic mass is 10.1. The van der Waals surface area contributed by atoms with E-state index in [1.54, 1.807) is 17.5 Å². The van der Waals surface area contributed by atoms with Gasteiger partial charge in [0, 0.05) is 60.6 Å². The van der Waals surface area contributed by atoms with Gasteiger partial charge < -0.3 is 20.9 Å². The van der Waals surface area contributed by atoms with Crippen molar-refractivity contribution in [1.29, 1.82) is 0 Å². The molecule has 31 heavy (non-hydrogen) atoms. The Labute approximate surface area is 186 Å². The van der Waals surface area contributed by atoms with E-state index in [1.807, 2.05) is 18.2 Å². The van der Waals surface area contributed by atoms with Crippen molar-refractivity contribution in [1.82, 2.24) is 25.5 Å². The number of hydrogen-bond donors (Lipinski definition) is 3. The van der Waals surface area contributed by atoms with Gasteiger partial charge in [-0.2, -0.15) is 0 Å². The van der Waals surface area contributed by atoms with Gasteiger partial charge in [-0.05, 0) is 50.1 Å². The summed E-state index contributed by atoms with van der Waals surface area (Å²) in [5, 5.41) is 10.8. The Hall–Kier alpha value is -2.55. The molecule has 162 valence electrons. The summed E-state index contributed by atoms with van der Waals surface area (Å²) in [4.78, 5) is 25.3. The van der Waals surface area contributed by atoms with Crippen molar-refractivity contribution in [3.63, 3.8) is 0 Å². The molecule has 7 nitrogen and oxygen atoms in total. The molecule has 3 N–H and O–H groups in total. The molecule has 0 spiro atoms. The van der Waals surface area contributed by atoms with E-state index >= 15 is 0 Å². The molecule has 1 amide bonds. The van der Waals surface area contributed by atoms with Crippen molar-refractivity contribution in [3.8, 4) is 10.6 Å². The van der Waals surface area contributed by atoms with Crippen LogP contribution in [0.15, 0.2) is 36.5 Å². The number of rotatable bonds is 8. The molecule has 2 aliphatic rings. The van der Waals surface area contributed by atoms with Gasteiger partial charge in [-0.1, -0.05) is 6.07 Å². The summed E-state index contributed by atoms with van der Waals surface area (Å²) >= 11 is 1.66. The van der Waals surface area contributed by atoms with Gasteiger partial charge in [0.05, 0.1) is 10.6 Å². The number of benzene rings is 1. The van der Waals surface area contributed by atoms with E-state index in [0.29, 0.717) is 12.0 Å². The highest BCUT2D eigenvalue weighted by Crippen LogP contribution is 2.34. The first kappa shape index (κ1) is 20.4. The Bertz CT molecular complexity index is 1060. The fourth-order valence-corrected chi connectivity index (χ4v) is 4.95. The average Bonchev–Trinajstić information content (AvgIpc) is 3.51. The molecule has 0 atom stereocenters. The maximum atomic E-state index is 12.6. The fraction of sp³-hybridized carbons (Fsp3) is 0.435. The van der Waals surface area contributed by atoms with Gasteiger partial charge in [0.2, 0.25) is 5.95 Å². The maximum absolute atomic E-state index is 12.6. The molecule has 1 aromatic carbocycles. The molecule has 1 aliphatic heterocycles. The number of anilines is 1. The number of piperazine rings is 1. The topological polar surface area (TPSA) is 82.2 Å². The van der Waals surface area contributed by atoms with Crippen molar-refractivity contribution < 1.29 is 4.79 Å². The van der Waals surface area contributed by atoms with Gasteiger partial charge in [0.15, 0.2) is 0 Å². The monoisotopic (exact) mass is 436 g/mol. The van der Waals surface area contributed by atoms with Crippen LogP contribution in [0.2, 0.25) is 0 Å². The van der Waals surface area contributed by atoms with Crippen LogP contribution < -0.4 is 16.0 Å². The molecule has 5 rings (SSSR count). The number of nitrogens with one attached hydrogen (secondary N) is 3. The predicted octanol–water partition coefficient (Wildman–Crippen LogP) is 2.96. The molecule has 8 heteroatoms. The van der Waals surface area contributed by atoms with Crippen LogP contribution >= 0.6 is 11.3 Å². The highest BCUT2D eigenvalue weighted by Gasteiger charge is 2.24. The van der Waals surface area contributed by atoms with Crippen LogP contribution in [0.4, 0.5) is 5.95 Å². The smallest absolute Gasteiger partial charge is 0.252 e. The van der Waals surface area contributed by atoms with Crippen molar-refractivity contribution in [2.75, 3.05) is 44.6 Å². The fourth-order valence-electron chi connectivity index (χ4n) is 3.89. The van der Waals surface area contributed by atoms with Crippen LogP contribution in [0.1, 0.15) is 29.6 Å². The summed E-state index contributed by atoms with van der Waals surface area (Å²) in [5.74, 6) is 0.675. The Morgan fingerprint density at radius 3 is 2.94 bits per heavy atom. The third-order valence-corrected chi connectivity index (χ3v) is 6.89. The lowest BCUT2D eigenvalue weighted by molar-refractivity contribution is 0.0953. The van der Waals surface area contributed by atoms with Crippen molar-refractivity contribution in [2.45, 2.75) is 25.3 Å². The van der Waals surface area contributed by atoms with Gasteiger partial charge in [0.1, 0.15) is 0 Å². The quantitative estimate of drug-likeness (QED) is 0.471. The van der Waals surface area contributed by atoms with Crippen LogP contribution in [-0.4, -0.2) is 66.1 Å². The lowest BCUT2D eigenvalue weighted by Crippen LogP contribution is -2.44. The summed E-state index contributed by atoms with van der Waals surface area (Å²) in [6.07, 6.45) is 5.03. The minimum atomic E-state index is 0.0204. The van der Waals surface area contributed by atoms with E-state index in [0.717, 1.165) is 84.8 Å². The first-order valence-corrected chi connectivity index (χ1v) is 11.9. The van der Waals surface area contributed by atoms with Crippen LogP contribution in [0, 0.1) is 0 Å². The number of carbonyl (C=O) groups is 1. The zero-order chi connectivity index (χ0) is 21.0. The van der Waals surface area contributed by atoms with Gasteiger partial charge in [-0.15, -0.1) is 11.3 Å². The Morgan fingerprint density at radius 2 is 2.10 bits per heavy atom. The maximum Gasteiger partial charge on any atom is 0.252 e. The van der Waals surface area contributed by atoms with E-state index < -0.39 is 0 Å². The van der Waals surface area contributed by atoms with Crippen molar-refractivity contribution in [2.24, 2.45) is 0 Å². The lowest BCUT2D eigenvalue weighted by Gasteiger charge is -2.27. The molecule has 1 aliphatic carbocycles. The van der Waals surface area contributed by atoms with E-state index in [2.05, 4.69) is 38.0 Å². The number of fused-ring (bicyclic) bond motifs is 1. The van der Waals surface area contributed by atoms with Crippen molar-refractivity contribution in [3.05, 3.63) is 42.1 Å². The van der Waals surface area contributed by atoms with Gasteiger partial charge in [-0.3, -0.25) is 4.79 Å². The van der Waals surface area contributed by atoms with Crippen LogP contribution in [0.25, 0.3) is 20.7 Å². The number of nitrogens with zero attached hydrogens (tertiary/aromatic N) is 3. The molecule has 1 saturated carbocycles. The number of hydrogen-bond acceptors (Lipinski definition) is 7. The summed E-state index contributed by atoms with van der Waals surface area (Å²) in [6, 6.07) is 10.3. The number of amides is 1. The predicted molar refractivity (Wildman–Crippen MR) is 126 cm³/mol. The first-order valence-electron chi connectivity index (χ1n) is 11.1. The minimum Gasteiger partial charge on any atom is -0.354 e. The third-order valence-electron chi connectivity index (χ3n) is 5.77. The molecule has 0 bridgehead atoms. The van der Waals surface area contributed by atoms with Crippen LogP contribution in [0.5, 0.6) is 0 Å². The highest BCUT2D eigenvalue weighted by molar-refractivity contribution is 7.22. The Kier molecular flexibility index (Phi) is 6.11. The number of carbonyl (C=O) groups excluding carboxylic acids is 1. The normalized spacial score (nSPS) is 17.0. The van der Waals surface area contributed by atoms with Gasteiger partial charge in [-0.25, -0.2) is 9.97 Å². The molecule has 1 saturated heterocycles. The molecule has 3 aromatic rings. The second kappa shape index (κ2) is 9.30. The Morgan fingerprint density at radius 1 is 1.23 bits per heavy atom. The summed E-state index contributed by atoms with van der Waals surface area (Å²) < 4.78 is 1.10. The molecule has 3 heterocycles. The van der Waals surface area contributed by atoms with E-state index in [-0.39, 0.29) is 5.91 Å². The van der Waals surface area contributed by atoms with E-state index in [4.69, 9.17) is 4.98 Å². The SMILES string of the molecule is O=C(NC1CC1)c1cccc2sc(-c3ccnc(NCCCN4CCNCC4)n3)cc12.